The monoisotopic (exact) mass is 773 g/mol. The molecule has 1 aliphatic carbocycles. The minimum atomic E-state index is -5.84. The van der Waals surface area contributed by atoms with Crippen LogP contribution < -0.4 is 18.9 Å². The Balaban J connectivity index is 0.000000561. The van der Waals surface area contributed by atoms with Crippen LogP contribution in [0.2, 0.25) is 0 Å². The summed E-state index contributed by atoms with van der Waals surface area (Å²) in [5, 5.41) is 0. The van der Waals surface area contributed by atoms with Crippen molar-refractivity contribution in [2.75, 3.05) is 28.4 Å². The lowest BCUT2D eigenvalue weighted by molar-refractivity contribution is -0.0510. The third-order valence-electron chi connectivity index (χ3n) is 9.18. The molecule has 6 aromatic carbocycles. The van der Waals surface area contributed by atoms with Crippen molar-refractivity contribution in [3.63, 3.8) is 0 Å². The van der Waals surface area contributed by atoms with E-state index in [1.54, 1.807) is 28.4 Å². The molecule has 0 heterocycles. The maximum absolute atomic E-state index is 10.7. The van der Waals surface area contributed by atoms with E-state index >= 15 is 0 Å². The molecule has 0 aliphatic heterocycles. The molecule has 0 saturated carbocycles. The number of halogens is 3. The van der Waals surface area contributed by atoms with E-state index in [9.17, 15) is 13.2 Å². The fourth-order valence-electron chi connectivity index (χ4n) is 6.69. The highest BCUT2D eigenvalue weighted by Gasteiger charge is 2.47. The Hall–Kier alpha value is -5.43. The third kappa shape index (κ3) is 7.24. The van der Waals surface area contributed by atoms with Crippen LogP contribution in [0.25, 0.3) is 11.1 Å². The van der Waals surface area contributed by atoms with Gasteiger partial charge in [0.2, 0.25) is 0 Å². The number of rotatable bonds is 9. The fraction of sp³-hybridized carbons (Fsp3) is 0.143. The summed E-state index contributed by atoms with van der Waals surface area (Å²) in [5.41, 5.74) is 1.24. The largest absolute Gasteiger partial charge is 0.522 e. The van der Waals surface area contributed by atoms with Crippen molar-refractivity contribution in [3.05, 3.63) is 162 Å². The van der Waals surface area contributed by atoms with E-state index in [0.29, 0.717) is 0 Å². The van der Waals surface area contributed by atoms with Gasteiger partial charge in [-0.05, 0) is 124 Å². The van der Waals surface area contributed by atoms with Crippen LogP contribution in [-0.2, 0) is 26.4 Å². The molecule has 0 radical (unpaired) electrons. The van der Waals surface area contributed by atoms with Crippen LogP contribution in [0.15, 0.2) is 154 Å². The van der Waals surface area contributed by atoms with Crippen molar-refractivity contribution < 1.29 is 45.1 Å². The van der Waals surface area contributed by atoms with Crippen LogP contribution in [0, 0.1) is 0 Å². The summed E-state index contributed by atoms with van der Waals surface area (Å²) >= 11 is 0. The molecule has 0 fully saturated rings. The summed E-state index contributed by atoms with van der Waals surface area (Å²) in [6.07, 6.45) is 0. The van der Waals surface area contributed by atoms with Gasteiger partial charge in [0.25, 0.3) is 0 Å². The molecule has 0 atom stereocenters. The average molecular weight is 774 g/mol. The number of alkyl halides is 3. The van der Waals surface area contributed by atoms with Crippen LogP contribution in [0.1, 0.15) is 22.3 Å². The van der Waals surface area contributed by atoms with Gasteiger partial charge in [-0.25, -0.2) is 0 Å². The molecule has 1 N–H and O–H groups in total. The van der Waals surface area contributed by atoms with Gasteiger partial charge >= 0.3 is 15.6 Å². The number of methoxy groups -OCH3 is 4. The van der Waals surface area contributed by atoms with Crippen LogP contribution in [0.5, 0.6) is 23.0 Å². The fourth-order valence-corrected chi connectivity index (χ4v) is 8.76. The summed E-state index contributed by atoms with van der Waals surface area (Å²) in [6, 6.07) is 49.8. The Kier molecular flexibility index (Phi) is 11.0. The predicted molar refractivity (Wildman–Crippen MR) is 203 cm³/mol. The summed E-state index contributed by atoms with van der Waals surface area (Å²) in [4.78, 5) is 3.65. The number of hydrogen-bond acceptors (Lipinski definition) is 6. The van der Waals surface area contributed by atoms with Crippen LogP contribution in [0.3, 0.4) is 0 Å². The van der Waals surface area contributed by atoms with Crippen molar-refractivity contribution in [1.29, 1.82) is 0 Å². The first-order chi connectivity index (χ1) is 25.8. The van der Waals surface area contributed by atoms with Crippen LogP contribution >= 0.6 is 0 Å². The lowest BCUT2D eigenvalue weighted by Crippen LogP contribution is -2.28. The maximum atomic E-state index is 10.7. The lowest BCUT2D eigenvalue weighted by atomic mass is 9.67. The normalized spacial score (nSPS) is 12.9. The number of benzene rings is 6. The van der Waals surface area contributed by atoms with Crippen molar-refractivity contribution in [1.82, 2.24) is 0 Å². The molecule has 0 bridgehead atoms. The topological polar surface area (TPSA) is 91.3 Å². The van der Waals surface area contributed by atoms with Crippen molar-refractivity contribution in [3.8, 4) is 34.1 Å². The Labute approximate surface area is 315 Å². The maximum Gasteiger partial charge on any atom is 0.522 e. The van der Waals surface area contributed by atoms with Crippen molar-refractivity contribution in [2.24, 2.45) is 0 Å². The molecule has 0 amide bonds. The van der Waals surface area contributed by atoms with E-state index in [2.05, 4.69) is 115 Å². The second-order valence-corrected chi connectivity index (χ2v) is 15.5. The van der Waals surface area contributed by atoms with E-state index in [-0.39, 0.29) is 0 Å². The van der Waals surface area contributed by atoms with Crippen molar-refractivity contribution >= 4 is 21.0 Å². The van der Waals surface area contributed by atoms with E-state index in [1.807, 2.05) is 24.3 Å². The van der Waals surface area contributed by atoms with Gasteiger partial charge in [0.15, 0.2) is 14.7 Å². The zero-order valence-corrected chi connectivity index (χ0v) is 31.3. The molecule has 6 aromatic rings. The SMILES string of the molecule is COc1ccc([S+](c2ccc(OC)cc2)c2ccc3c(c2)C(c2ccc(OC)cc2)(c2ccc(OC)cc2)c2ccccc2-3)cc1.O=S(=O)(O)C(F)(F)F. The molecule has 1 aliphatic rings. The van der Waals surface area contributed by atoms with Gasteiger partial charge in [0, 0.05) is 0 Å². The van der Waals surface area contributed by atoms with Gasteiger partial charge in [-0.15, -0.1) is 0 Å². The van der Waals surface area contributed by atoms with Gasteiger partial charge in [-0.1, -0.05) is 48.5 Å². The highest BCUT2D eigenvalue weighted by Crippen LogP contribution is 2.57. The van der Waals surface area contributed by atoms with E-state index in [4.69, 9.17) is 31.9 Å². The Morgan fingerprint density at radius 2 is 0.870 bits per heavy atom. The summed E-state index contributed by atoms with van der Waals surface area (Å²) in [7, 11) is 0.582. The molecular weight excluding hydrogens is 738 g/mol. The number of fused-ring (bicyclic) bond motifs is 3. The van der Waals surface area contributed by atoms with E-state index in [1.165, 1.54) is 48.1 Å². The Morgan fingerprint density at radius 3 is 1.26 bits per heavy atom. The van der Waals surface area contributed by atoms with E-state index in [0.717, 1.165) is 23.0 Å². The molecule has 7 rings (SSSR count). The van der Waals surface area contributed by atoms with Gasteiger partial charge in [-0.3, -0.25) is 4.55 Å². The standard InChI is InChI=1S/C41H35O4S.CHF3O3S/c1-42-30-13-9-28(10-14-30)41(29-11-15-31(43-2)16-12-29)39-8-6-5-7-37(39)38-26-25-36(27-40(38)41)46(34-21-17-32(44-3)18-22-34)35-23-19-33(45-4)20-24-35;2-1(3,4)8(5,6)7/h5-27H,1-4H3;(H,5,6,7)/q+1;. The molecule has 54 heavy (non-hydrogen) atoms. The Morgan fingerprint density at radius 1 is 0.519 bits per heavy atom. The first kappa shape index (κ1) is 38.3. The molecule has 0 saturated heterocycles. The minimum Gasteiger partial charge on any atom is -0.497 e. The molecular formula is C42H36F3O7S2+. The summed E-state index contributed by atoms with van der Waals surface area (Å²) in [6.45, 7) is 0. The second kappa shape index (κ2) is 15.5. The van der Waals surface area contributed by atoms with Crippen molar-refractivity contribution in [2.45, 2.75) is 25.6 Å². The highest BCUT2D eigenvalue weighted by atomic mass is 32.2. The highest BCUT2D eigenvalue weighted by molar-refractivity contribution is 7.97. The number of ether oxygens (including phenoxy) is 4. The van der Waals surface area contributed by atoms with Crippen LogP contribution in [0.4, 0.5) is 13.2 Å². The van der Waals surface area contributed by atoms with E-state index < -0.39 is 31.9 Å². The van der Waals surface area contributed by atoms with Gasteiger partial charge < -0.3 is 18.9 Å². The van der Waals surface area contributed by atoms with Gasteiger partial charge in [-0.2, -0.15) is 21.6 Å². The average Bonchev–Trinajstić information content (AvgIpc) is 3.48. The lowest BCUT2D eigenvalue weighted by Gasteiger charge is -2.34. The predicted octanol–water partition coefficient (Wildman–Crippen LogP) is 9.57. The molecule has 7 nitrogen and oxygen atoms in total. The third-order valence-corrected chi connectivity index (χ3v) is 12.0. The zero-order valence-electron chi connectivity index (χ0n) is 29.6. The first-order valence-electron chi connectivity index (χ1n) is 16.4. The molecule has 12 heteroatoms. The first-order valence-corrected chi connectivity index (χ1v) is 19.1. The summed E-state index contributed by atoms with van der Waals surface area (Å²) < 4.78 is 79.7. The second-order valence-electron chi connectivity index (χ2n) is 12.0. The molecule has 0 spiro atoms. The molecule has 0 aromatic heterocycles. The quantitative estimate of drug-likeness (QED) is 0.0888. The summed E-state index contributed by atoms with van der Waals surface area (Å²) in [5.74, 6) is 3.33. The molecule has 278 valence electrons. The van der Waals surface area contributed by atoms with Crippen LogP contribution in [-0.4, -0.2) is 46.9 Å². The zero-order chi connectivity index (χ0) is 38.7. The smallest absolute Gasteiger partial charge is 0.497 e. The van der Waals surface area contributed by atoms with Gasteiger partial charge in [0.1, 0.15) is 23.0 Å². The number of hydrogen-bond donors (Lipinski definition) is 1. The minimum absolute atomic E-state index is 0.400. The molecule has 0 unspecified atom stereocenters. The van der Waals surface area contributed by atoms with Gasteiger partial charge in [0.05, 0.1) is 44.7 Å². The Bertz CT molecular complexity index is 2230.